The van der Waals surface area contributed by atoms with E-state index < -0.39 is 0 Å². The Morgan fingerprint density at radius 2 is 0.653 bits per heavy atom. The number of amides is 1. The minimum atomic E-state index is 0.513. The highest BCUT2D eigenvalue weighted by Gasteiger charge is 2.11. The van der Waals surface area contributed by atoms with Crippen molar-refractivity contribution < 1.29 is 14.3 Å². The summed E-state index contributed by atoms with van der Waals surface area (Å²) in [5.41, 5.74) is 0. The van der Waals surface area contributed by atoms with E-state index in [1.165, 1.54) is 302 Å². The number of rotatable bonds is 60. The second-order valence-corrected chi connectivity index (χ2v) is 22.1. The number of carbonyl (C=O) groups excluding carboxylic acids is 2. The minimum absolute atomic E-state index is 0.513. The molecule has 0 rings (SSSR count). The first kappa shape index (κ1) is 75.1. The number of hydrogen-bond donors (Lipinski definition) is 2. The average Bonchev–Trinajstić information content (AvgIpc) is 3.39. The van der Waals surface area contributed by atoms with Gasteiger partial charge in [-0.2, -0.15) is 0 Å². The van der Waals surface area contributed by atoms with E-state index in [0.29, 0.717) is 19.0 Å². The minimum Gasteiger partial charge on any atom is -0.468 e. The van der Waals surface area contributed by atoms with E-state index >= 15 is 0 Å². The van der Waals surface area contributed by atoms with Crippen molar-refractivity contribution in [2.24, 2.45) is 5.92 Å². The first-order chi connectivity index (χ1) is 35.5. The van der Waals surface area contributed by atoms with E-state index in [-0.39, 0.29) is 0 Å². The first-order valence-electron chi connectivity index (χ1n) is 32.9. The van der Waals surface area contributed by atoms with E-state index in [9.17, 15) is 9.59 Å². The van der Waals surface area contributed by atoms with Crippen molar-refractivity contribution in [1.82, 2.24) is 20.4 Å². The van der Waals surface area contributed by atoms with Crippen LogP contribution in [0.4, 0.5) is 0 Å². The zero-order valence-corrected chi connectivity index (χ0v) is 50.7. The molecule has 0 aromatic carbocycles. The van der Waals surface area contributed by atoms with E-state index in [0.717, 1.165) is 51.9 Å². The van der Waals surface area contributed by atoms with Crippen LogP contribution >= 0.6 is 0 Å². The largest absolute Gasteiger partial charge is 0.468 e. The summed E-state index contributed by atoms with van der Waals surface area (Å²) in [7, 11) is 0. The van der Waals surface area contributed by atoms with E-state index in [4.69, 9.17) is 4.74 Å². The lowest BCUT2D eigenvalue weighted by Gasteiger charge is -2.25. The lowest BCUT2D eigenvalue weighted by Crippen LogP contribution is -2.34. The number of ether oxygens (including phenoxy) is 1. The van der Waals surface area contributed by atoms with Crippen molar-refractivity contribution in [1.29, 1.82) is 0 Å². The van der Waals surface area contributed by atoms with Crippen molar-refractivity contribution in [3.63, 3.8) is 0 Å². The highest BCUT2D eigenvalue weighted by atomic mass is 16.5. The number of carbonyl (C=O) groups is 2. The summed E-state index contributed by atoms with van der Waals surface area (Å²) in [5, 5.41) is 6.51. The molecule has 0 aliphatic heterocycles. The number of hydrogen-bond acceptors (Lipinski definition) is 6. The van der Waals surface area contributed by atoms with Gasteiger partial charge in [-0.05, 0) is 83.6 Å². The fourth-order valence-electron chi connectivity index (χ4n) is 9.89. The first-order valence-corrected chi connectivity index (χ1v) is 32.9. The molecular formula is C65H136N4O3. The fourth-order valence-corrected chi connectivity index (χ4v) is 9.89. The van der Waals surface area contributed by atoms with Crippen LogP contribution in [0.1, 0.15) is 337 Å². The molecule has 0 saturated carbocycles. The number of nitrogens with zero attached hydrogens (tertiary/aromatic N) is 2. The Bertz CT molecular complexity index is 914. The molecule has 0 spiro atoms. The van der Waals surface area contributed by atoms with Gasteiger partial charge in [0.15, 0.2) is 0 Å². The average molecular weight is 1020 g/mol. The molecule has 72 heavy (non-hydrogen) atoms. The molecule has 434 valence electrons. The third kappa shape index (κ3) is 68.8. The highest BCUT2D eigenvalue weighted by Crippen LogP contribution is 2.16. The Morgan fingerprint density at radius 1 is 0.333 bits per heavy atom. The molecule has 0 bridgehead atoms. The number of nitrogens with one attached hydrogen (secondary N) is 2. The molecule has 0 heterocycles. The zero-order chi connectivity index (χ0) is 53.2. The molecule has 2 N–H and O–H groups in total. The SMILES string of the molecule is CCCCCCCCCC.CCCCCCCCCCCCCCN(CCCOC=O)CCC(CC)CCNC=O.CCCCCCCCCNCCN(CCCCCCCCC)CCCCCCCCC. The third-order valence-electron chi connectivity index (χ3n) is 15.0. The van der Waals surface area contributed by atoms with Crippen molar-refractivity contribution in [3.8, 4) is 0 Å². The fraction of sp³-hybridized carbons (Fsp3) is 0.969. The monoisotopic (exact) mass is 1020 g/mol. The third-order valence-corrected chi connectivity index (χ3v) is 15.0. The number of unbranched alkanes of at least 4 members (excludes halogenated alkanes) is 36. The van der Waals surface area contributed by atoms with Crippen LogP contribution in [0.3, 0.4) is 0 Å². The normalized spacial score (nSPS) is 11.6. The van der Waals surface area contributed by atoms with Gasteiger partial charge in [0.1, 0.15) is 0 Å². The summed E-state index contributed by atoms with van der Waals surface area (Å²) in [6.45, 7) is 27.3. The second-order valence-electron chi connectivity index (χ2n) is 22.1. The maximum Gasteiger partial charge on any atom is 0.293 e. The summed E-state index contributed by atoms with van der Waals surface area (Å²) >= 11 is 0. The summed E-state index contributed by atoms with van der Waals surface area (Å²) in [4.78, 5) is 26.1. The van der Waals surface area contributed by atoms with Gasteiger partial charge in [0.05, 0.1) is 6.61 Å². The lowest BCUT2D eigenvalue weighted by molar-refractivity contribution is -0.128. The Labute approximate surface area is 454 Å². The molecule has 0 aromatic heterocycles. The standard InChI is InChI=1S/C29H62N2.C26H52N2O3.C10H22/c1-4-7-10-13-16-19-22-25-30-26-29-31(27-23-20-17-14-11-8-5-2)28-24-21-18-15-12-9-6-3;1-3-5-6-7-8-9-10-11-12-13-14-15-20-28(21-16-23-31-25-30)22-18-26(4-2)17-19-27-24-29;1-3-5-7-9-10-8-6-4-2/h30H,4-29H2,1-3H3;24-26H,3-23H2,1-2H3,(H,27,29);3-10H2,1-2H3. The molecule has 0 saturated heterocycles. The Morgan fingerprint density at radius 3 is 0.986 bits per heavy atom. The smallest absolute Gasteiger partial charge is 0.293 e. The maximum absolute atomic E-state index is 10.4. The molecular weight excluding hydrogens is 885 g/mol. The topological polar surface area (TPSA) is 73.9 Å². The van der Waals surface area contributed by atoms with Crippen LogP contribution < -0.4 is 10.6 Å². The van der Waals surface area contributed by atoms with Crippen LogP contribution in [-0.2, 0) is 14.3 Å². The van der Waals surface area contributed by atoms with E-state index in [1.807, 2.05) is 0 Å². The predicted octanol–water partition coefficient (Wildman–Crippen LogP) is 19.4. The van der Waals surface area contributed by atoms with E-state index in [1.54, 1.807) is 0 Å². The van der Waals surface area contributed by atoms with Crippen molar-refractivity contribution >= 4 is 12.9 Å². The summed E-state index contributed by atoms with van der Waals surface area (Å²) in [6, 6.07) is 0. The molecule has 0 aromatic rings. The Balaban J connectivity index is -0.00000111. The van der Waals surface area contributed by atoms with Crippen molar-refractivity contribution in [2.75, 3.05) is 65.5 Å². The lowest BCUT2D eigenvalue weighted by atomic mass is 9.98. The molecule has 1 amide bonds. The van der Waals surface area contributed by atoms with Crippen LogP contribution in [0.25, 0.3) is 0 Å². The maximum atomic E-state index is 10.4. The molecule has 7 heteroatoms. The quantitative estimate of drug-likeness (QED) is 0.0467. The van der Waals surface area contributed by atoms with Gasteiger partial charge in [-0.25, -0.2) is 0 Å². The summed E-state index contributed by atoms with van der Waals surface area (Å²) < 4.78 is 4.86. The summed E-state index contributed by atoms with van der Waals surface area (Å²) in [5.74, 6) is 0.656. The van der Waals surface area contributed by atoms with Gasteiger partial charge >= 0.3 is 0 Å². The van der Waals surface area contributed by atoms with Crippen LogP contribution in [0.5, 0.6) is 0 Å². The van der Waals surface area contributed by atoms with Gasteiger partial charge < -0.3 is 25.2 Å². The van der Waals surface area contributed by atoms with Crippen molar-refractivity contribution in [2.45, 2.75) is 337 Å². The van der Waals surface area contributed by atoms with E-state index in [2.05, 4.69) is 68.9 Å². The van der Waals surface area contributed by atoms with Gasteiger partial charge in [0, 0.05) is 26.2 Å². The highest BCUT2D eigenvalue weighted by molar-refractivity contribution is 5.45. The van der Waals surface area contributed by atoms with Gasteiger partial charge in [0.2, 0.25) is 6.41 Å². The van der Waals surface area contributed by atoms with Gasteiger partial charge in [-0.15, -0.1) is 0 Å². The molecule has 0 radical (unpaired) electrons. The molecule has 0 aliphatic carbocycles. The molecule has 7 nitrogen and oxygen atoms in total. The summed E-state index contributed by atoms with van der Waals surface area (Å²) in [6.07, 6.45) is 62.9. The molecule has 1 atom stereocenters. The predicted molar refractivity (Wildman–Crippen MR) is 323 cm³/mol. The van der Waals surface area contributed by atoms with Crippen LogP contribution in [0.15, 0.2) is 0 Å². The van der Waals surface area contributed by atoms with Crippen molar-refractivity contribution in [3.05, 3.63) is 0 Å². The van der Waals surface area contributed by atoms with Crippen LogP contribution in [0.2, 0.25) is 0 Å². The van der Waals surface area contributed by atoms with Crippen LogP contribution in [0, 0.1) is 5.92 Å². The van der Waals surface area contributed by atoms with Crippen LogP contribution in [-0.4, -0.2) is 88.2 Å². The molecule has 1 unspecified atom stereocenters. The van der Waals surface area contributed by atoms with Gasteiger partial charge in [-0.3, -0.25) is 9.59 Å². The second kappa shape index (κ2) is 71.9. The zero-order valence-electron chi connectivity index (χ0n) is 50.7. The van der Waals surface area contributed by atoms with Gasteiger partial charge in [-0.1, -0.05) is 292 Å². The van der Waals surface area contributed by atoms with Gasteiger partial charge in [0.25, 0.3) is 6.47 Å². The Kier molecular flexibility index (Phi) is 74.9. The molecule has 0 aliphatic rings. The molecule has 0 fully saturated rings. The Hall–Kier alpha value is -1.18.